The Labute approximate surface area is 134 Å². The molecule has 1 nitrogen and oxygen atoms in total. The molecule has 0 amide bonds. The smallest absolute Gasteiger partial charge is 0.0160 e. The van der Waals surface area contributed by atoms with Gasteiger partial charge in [0, 0.05) is 16.5 Å². The van der Waals surface area contributed by atoms with E-state index in [1.165, 1.54) is 55.8 Å². The number of hydrogen-bond acceptors (Lipinski definition) is 1. The molecule has 0 radical (unpaired) electrons. The van der Waals surface area contributed by atoms with Crippen LogP contribution in [0, 0.1) is 17.8 Å². The quantitative estimate of drug-likeness (QED) is 0.487. The third-order valence-corrected chi connectivity index (χ3v) is 6.94. The van der Waals surface area contributed by atoms with Crippen LogP contribution in [0.4, 0.5) is 0 Å². The van der Waals surface area contributed by atoms with Crippen molar-refractivity contribution in [1.29, 1.82) is 0 Å². The lowest BCUT2D eigenvalue weighted by Gasteiger charge is -2.31. The molecular weight excluding hydrogens is 345 g/mol. The van der Waals surface area contributed by atoms with Crippen molar-refractivity contribution < 1.29 is 0 Å². The number of nitrogens with zero attached hydrogens (tertiary/aromatic N) is 1. The van der Waals surface area contributed by atoms with Crippen LogP contribution < -0.4 is 0 Å². The van der Waals surface area contributed by atoms with Gasteiger partial charge in [0.25, 0.3) is 0 Å². The highest BCUT2D eigenvalue weighted by molar-refractivity contribution is 14.1. The van der Waals surface area contributed by atoms with Crippen LogP contribution in [0.25, 0.3) is 0 Å². The molecule has 1 aliphatic carbocycles. The van der Waals surface area contributed by atoms with E-state index in [1.54, 1.807) is 0 Å². The van der Waals surface area contributed by atoms with E-state index in [2.05, 4.69) is 48.4 Å². The Kier molecular flexibility index (Phi) is 6.45. The molecule has 1 saturated heterocycles. The van der Waals surface area contributed by atoms with Crippen molar-refractivity contribution in [3.8, 4) is 0 Å². The molecule has 0 aromatic heterocycles. The Morgan fingerprint density at radius 3 is 2.37 bits per heavy atom. The van der Waals surface area contributed by atoms with Gasteiger partial charge in [-0.1, -0.05) is 75.0 Å². The average molecular weight is 377 g/mol. The van der Waals surface area contributed by atoms with Gasteiger partial charge in [0.15, 0.2) is 0 Å². The third kappa shape index (κ3) is 3.48. The maximum Gasteiger partial charge on any atom is 0.0160 e. The van der Waals surface area contributed by atoms with Gasteiger partial charge in [-0.2, -0.15) is 0 Å². The molecule has 1 aliphatic heterocycles. The van der Waals surface area contributed by atoms with Crippen molar-refractivity contribution in [2.45, 2.75) is 77.3 Å². The van der Waals surface area contributed by atoms with Gasteiger partial charge in [0.1, 0.15) is 0 Å². The molecule has 19 heavy (non-hydrogen) atoms. The maximum absolute atomic E-state index is 2.80. The molecule has 2 aliphatic rings. The predicted octanol–water partition coefficient (Wildman–Crippen LogP) is 5.13. The average Bonchev–Trinajstić information content (AvgIpc) is 2.75. The minimum absolute atomic E-state index is 0.844. The third-order valence-electron chi connectivity index (χ3n) is 5.92. The Balaban J connectivity index is 2.16. The van der Waals surface area contributed by atoms with Crippen LogP contribution in [0.5, 0.6) is 0 Å². The largest absolute Gasteiger partial charge is 0.300 e. The van der Waals surface area contributed by atoms with Gasteiger partial charge in [-0.3, -0.25) is 4.90 Å². The van der Waals surface area contributed by atoms with Gasteiger partial charge in [0.05, 0.1) is 0 Å². The molecule has 2 fully saturated rings. The summed E-state index contributed by atoms with van der Waals surface area (Å²) in [6.45, 7) is 4.85. The lowest BCUT2D eigenvalue weighted by atomic mass is 9.80. The number of likely N-dealkylation sites (tertiary alicyclic amines) is 1. The van der Waals surface area contributed by atoms with Crippen molar-refractivity contribution in [3.63, 3.8) is 0 Å². The van der Waals surface area contributed by atoms with Crippen LogP contribution in [-0.2, 0) is 0 Å². The molecule has 112 valence electrons. The standard InChI is InChI=1S/C17H32IN/c1-4-13(2)17-15(12-18)14-10-8-6-5-7-9-11-16(14)19(17)3/h13-17H,4-12H2,1-3H3/t13-,14?,15?,16+,17-/m0/s1. The van der Waals surface area contributed by atoms with Gasteiger partial charge in [0.2, 0.25) is 0 Å². The summed E-state index contributed by atoms with van der Waals surface area (Å²) in [5, 5.41) is 0. The topological polar surface area (TPSA) is 3.24 Å². The number of halogens is 1. The van der Waals surface area contributed by atoms with Crippen LogP contribution in [0.3, 0.4) is 0 Å². The normalized spacial score (nSPS) is 39.2. The summed E-state index contributed by atoms with van der Waals surface area (Å²) in [4.78, 5) is 2.80. The molecule has 0 spiro atoms. The fraction of sp³-hybridized carbons (Fsp3) is 1.00. The van der Waals surface area contributed by atoms with E-state index in [4.69, 9.17) is 0 Å². The highest BCUT2D eigenvalue weighted by atomic mass is 127. The van der Waals surface area contributed by atoms with E-state index in [1.807, 2.05) is 0 Å². The minimum atomic E-state index is 0.844. The second kappa shape index (κ2) is 7.63. The molecule has 2 rings (SSSR count). The number of rotatable bonds is 3. The van der Waals surface area contributed by atoms with Crippen LogP contribution in [0.1, 0.15) is 65.2 Å². The van der Waals surface area contributed by atoms with Crippen molar-refractivity contribution in [2.24, 2.45) is 17.8 Å². The van der Waals surface area contributed by atoms with Crippen LogP contribution in [-0.4, -0.2) is 28.5 Å². The number of fused-ring (bicyclic) bond motifs is 1. The van der Waals surface area contributed by atoms with E-state index in [0.717, 1.165) is 29.8 Å². The van der Waals surface area contributed by atoms with E-state index in [9.17, 15) is 0 Å². The van der Waals surface area contributed by atoms with Gasteiger partial charge < -0.3 is 0 Å². The summed E-state index contributed by atoms with van der Waals surface area (Å²) in [5.74, 6) is 2.79. The Hall–Kier alpha value is 0.690. The summed E-state index contributed by atoms with van der Waals surface area (Å²) < 4.78 is 1.36. The van der Waals surface area contributed by atoms with Gasteiger partial charge in [-0.05, 0) is 37.6 Å². The lowest BCUT2D eigenvalue weighted by molar-refractivity contribution is 0.163. The Morgan fingerprint density at radius 2 is 1.74 bits per heavy atom. The lowest BCUT2D eigenvalue weighted by Crippen LogP contribution is -2.39. The first-order valence-corrected chi connectivity index (χ1v) is 10.0. The molecule has 0 aromatic carbocycles. The van der Waals surface area contributed by atoms with Gasteiger partial charge in [-0.15, -0.1) is 0 Å². The molecule has 5 atom stereocenters. The zero-order valence-corrected chi connectivity index (χ0v) is 15.2. The monoisotopic (exact) mass is 377 g/mol. The fourth-order valence-electron chi connectivity index (χ4n) is 4.72. The van der Waals surface area contributed by atoms with Crippen LogP contribution in [0.15, 0.2) is 0 Å². The molecular formula is C17H32IN. The first kappa shape index (κ1) is 16.1. The predicted molar refractivity (Wildman–Crippen MR) is 93.0 cm³/mol. The van der Waals surface area contributed by atoms with E-state index in [-0.39, 0.29) is 0 Å². The summed E-state index contributed by atoms with van der Waals surface area (Å²) in [6, 6.07) is 1.73. The highest BCUT2D eigenvalue weighted by Gasteiger charge is 2.46. The summed E-state index contributed by atoms with van der Waals surface area (Å²) in [7, 11) is 2.43. The van der Waals surface area contributed by atoms with Crippen LogP contribution >= 0.6 is 22.6 Å². The van der Waals surface area contributed by atoms with Crippen LogP contribution in [0.2, 0.25) is 0 Å². The molecule has 2 unspecified atom stereocenters. The summed E-state index contributed by atoms with van der Waals surface area (Å²) in [6.07, 6.45) is 11.7. The van der Waals surface area contributed by atoms with E-state index in [0.29, 0.717) is 0 Å². The molecule has 0 bridgehead atoms. The van der Waals surface area contributed by atoms with Crippen molar-refractivity contribution in [1.82, 2.24) is 4.90 Å². The second-order valence-electron chi connectivity index (χ2n) is 6.94. The number of hydrogen-bond donors (Lipinski definition) is 0. The van der Waals surface area contributed by atoms with E-state index < -0.39 is 0 Å². The first-order chi connectivity index (χ1) is 9.20. The molecule has 1 heterocycles. The summed E-state index contributed by atoms with van der Waals surface area (Å²) in [5.41, 5.74) is 0. The van der Waals surface area contributed by atoms with Gasteiger partial charge in [-0.25, -0.2) is 0 Å². The van der Waals surface area contributed by atoms with Crippen molar-refractivity contribution in [3.05, 3.63) is 0 Å². The highest BCUT2D eigenvalue weighted by Crippen LogP contribution is 2.44. The molecule has 2 heteroatoms. The molecule has 1 saturated carbocycles. The Morgan fingerprint density at radius 1 is 1.11 bits per heavy atom. The first-order valence-electron chi connectivity index (χ1n) is 8.48. The SMILES string of the molecule is CC[C@H](C)[C@H]1C(CI)C2CCCCCCC[C@H]2N1C. The van der Waals surface area contributed by atoms with E-state index >= 15 is 0 Å². The Bertz CT molecular complexity index is 268. The molecule has 0 N–H and O–H groups in total. The number of alkyl halides is 1. The fourth-order valence-corrected chi connectivity index (χ4v) is 5.90. The van der Waals surface area contributed by atoms with Crippen molar-refractivity contribution >= 4 is 22.6 Å². The maximum atomic E-state index is 2.80. The zero-order chi connectivity index (χ0) is 13.8. The minimum Gasteiger partial charge on any atom is -0.300 e. The molecule has 0 aromatic rings. The second-order valence-corrected chi connectivity index (χ2v) is 7.82. The van der Waals surface area contributed by atoms with Gasteiger partial charge >= 0.3 is 0 Å². The summed E-state index contributed by atoms with van der Waals surface area (Å²) >= 11 is 2.66. The van der Waals surface area contributed by atoms with Crippen molar-refractivity contribution in [2.75, 3.05) is 11.5 Å². The zero-order valence-electron chi connectivity index (χ0n) is 13.1.